The number of sulfonamides is 1. The van der Waals surface area contributed by atoms with Crippen LogP contribution in [0.3, 0.4) is 0 Å². The molecule has 0 aliphatic heterocycles. The van der Waals surface area contributed by atoms with E-state index in [1.54, 1.807) is 6.07 Å². The van der Waals surface area contributed by atoms with E-state index in [1.165, 1.54) is 6.07 Å². The third-order valence-electron chi connectivity index (χ3n) is 2.81. The molecule has 5 nitrogen and oxygen atoms in total. The fourth-order valence-corrected chi connectivity index (χ4v) is 3.66. The van der Waals surface area contributed by atoms with Gasteiger partial charge in [0.2, 0.25) is 0 Å². The van der Waals surface area contributed by atoms with E-state index in [1.807, 2.05) is 0 Å². The van der Waals surface area contributed by atoms with Crippen molar-refractivity contribution in [3.8, 4) is 0 Å². The topological polar surface area (TPSA) is 72.0 Å². The lowest BCUT2D eigenvalue weighted by molar-refractivity contribution is 0.504. The Hall–Kier alpha value is -1.84. The molecule has 1 N–H and O–H groups in total. The predicted molar refractivity (Wildman–Crippen MR) is 79.6 cm³/mol. The molecule has 10 heteroatoms. The first kappa shape index (κ1) is 15.1. The second-order valence-corrected chi connectivity index (χ2v) is 6.85. The predicted octanol–water partition coefficient (Wildman–Crippen LogP) is 3.42. The monoisotopic (exact) mass is 361 g/mol. The Labute approximate surface area is 132 Å². The van der Waals surface area contributed by atoms with Crippen LogP contribution in [0.4, 0.5) is 14.5 Å². The molecule has 1 aromatic heterocycles. The van der Waals surface area contributed by atoms with Gasteiger partial charge < -0.3 is 0 Å². The lowest BCUT2D eigenvalue weighted by Crippen LogP contribution is -2.14. The minimum absolute atomic E-state index is 0.0395. The highest BCUT2D eigenvalue weighted by Crippen LogP contribution is 2.31. The molecule has 0 fully saturated rings. The lowest BCUT2D eigenvalue weighted by Gasteiger charge is -2.10. The van der Waals surface area contributed by atoms with E-state index in [0.717, 1.165) is 23.9 Å². The van der Waals surface area contributed by atoms with Crippen LogP contribution in [-0.2, 0) is 10.0 Å². The van der Waals surface area contributed by atoms with Gasteiger partial charge >= 0.3 is 0 Å². The van der Waals surface area contributed by atoms with Gasteiger partial charge in [0.1, 0.15) is 11.0 Å². The molecule has 2 aromatic carbocycles. The summed E-state index contributed by atoms with van der Waals surface area (Å²) in [5.74, 6) is -2.40. The Balaban J connectivity index is 2.08. The second kappa shape index (κ2) is 5.41. The SMILES string of the molecule is O=S(=O)(Nc1c(Cl)ccc2nsnc12)c1ccc(F)c(F)c1. The molecular formula is C12H6ClF2N3O2S2. The molecule has 0 aliphatic rings. The number of nitrogens with zero attached hydrogens (tertiary/aromatic N) is 2. The number of benzene rings is 2. The van der Waals surface area contributed by atoms with Gasteiger partial charge in [0.15, 0.2) is 11.6 Å². The van der Waals surface area contributed by atoms with Crippen molar-refractivity contribution in [3.63, 3.8) is 0 Å². The molecule has 0 bridgehead atoms. The second-order valence-electron chi connectivity index (χ2n) is 4.24. The molecule has 22 heavy (non-hydrogen) atoms. The van der Waals surface area contributed by atoms with Crippen LogP contribution in [0.25, 0.3) is 11.0 Å². The normalized spacial score (nSPS) is 11.8. The number of fused-ring (bicyclic) bond motifs is 1. The number of halogens is 3. The summed E-state index contributed by atoms with van der Waals surface area (Å²) in [6.45, 7) is 0. The van der Waals surface area contributed by atoms with Crippen molar-refractivity contribution in [2.24, 2.45) is 0 Å². The van der Waals surface area contributed by atoms with Crippen LogP contribution in [0.1, 0.15) is 0 Å². The molecule has 3 rings (SSSR count). The number of hydrogen-bond donors (Lipinski definition) is 1. The third-order valence-corrected chi connectivity index (χ3v) is 5.02. The van der Waals surface area contributed by atoms with Crippen LogP contribution in [0, 0.1) is 11.6 Å². The van der Waals surface area contributed by atoms with Crippen LogP contribution >= 0.6 is 23.3 Å². The lowest BCUT2D eigenvalue weighted by atomic mass is 10.3. The molecule has 0 atom stereocenters. The van der Waals surface area contributed by atoms with Crippen LogP contribution in [0.15, 0.2) is 35.2 Å². The van der Waals surface area contributed by atoms with E-state index in [9.17, 15) is 17.2 Å². The Bertz CT molecular complexity index is 976. The quantitative estimate of drug-likeness (QED) is 0.775. The molecule has 0 unspecified atom stereocenters. The highest BCUT2D eigenvalue weighted by Gasteiger charge is 2.20. The van der Waals surface area contributed by atoms with Crippen LogP contribution in [-0.4, -0.2) is 17.2 Å². The first-order valence-corrected chi connectivity index (χ1v) is 8.36. The maximum atomic E-state index is 13.2. The molecule has 0 amide bonds. The molecule has 114 valence electrons. The van der Waals surface area contributed by atoms with Gasteiger partial charge in [-0.3, -0.25) is 4.72 Å². The van der Waals surface area contributed by atoms with Gasteiger partial charge in [-0.2, -0.15) is 8.75 Å². The molecule has 0 spiro atoms. The van der Waals surface area contributed by atoms with E-state index in [4.69, 9.17) is 11.6 Å². The molecule has 0 saturated carbocycles. The summed E-state index contributed by atoms with van der Waals surface area (Å²) in [7, 11) is -4.15. The smallest absolute Gasteiger partial charge is 0.262 e. The largest absolute Gasteiger partial charge is 0.276 e. The standard InChI is InChI=1S/C12H6ClF2N3O2S2/c13-7-2-4-10-12(17-21-16-10)11(7)18-22(19,20)6-1-3-8(14)9(15)5-6/h1-5,18H. The zero-order valence-corrected chi connectivity index (χ0v) is 12.9. The highest BCUT2D eigenvalue weighted by atomic mass is 35.5. The van der Waals surface area contributed by atoms with Crippen molar-refractivity contribution in [3.05, 3.63) is 47.0 Å². The van der Waals surface area contributed by atoms with Gasteiger partial charge in [-0.05, 0) is 30.3 Å². The molecular weight excluding hydrogens is 356 g/mol. The van der Waals surface area contributed by atoms with E-state index in [0.29, 0.717) is 11.6 Å². The average Bonchev–Trinajstić information content (AvgIpc) is 2.93. The maximum absolute atomic E-state index is 13.2. The van der Waals surface area contributed by atoms with Crippen molar-refractivity contribution in [2.45, 2.75) is 4.90 Å². The number of aromatic nitrogens is 2. The van der Waals surface area contributed by atoms with Gasteiger partial charge in [0, 0.05) is 0 Å². The summed E-state index contributed by atoms with van der Waals surface area (Å²) in [5.41, 5.74) is 0.790. The zero-order valence-electron chi connectivity index (χ0n) is 10.5. The van der Waals surface area contributed by atoms with Gasteiger partial charge in [-0.1, -0.05) is 11.6 Å². The van der Waals surface area contributed by atoms with Gasteiger partial charge in [0.25, 0.3) is 10.0 Å². The summed E-state index contributed by atoms with van der Waals surface area (Å²) in [5, 5.41) is 0.117. The third kappa shape index (κ3) is 2.62. The number of anilines is 1. The van der Waals surface area contributed by atoms with E-state index in [-0.39, 0.29) is 16.2 Å². The summed E-state index contributed by atoms with van der Waals surface area (Å²) >= 11 is 6.88. The fraction of sp³-hybridized carbons (Fsp3) is 0. The fourth-order valence-electron chi connectivity index (χ4n) is 1.76. The van der Waals surface area contributed by atoms with Crippen molar-refractivity contribution in [1.82, 2.24) is 8.75 Å². The number of nitrogens with one attached hydrogen (secondary N) is 1. The first-order chi connectivity index (χ1) is 10.4. The summed E-state index contributed by atoms with van der Waals surface area (Å²) in [6, 6.07) is 5.33. The van der Waals surface area contributed by atoms with Crippen LogP contribution < -0.4 is 4.72 Å². The Kier molecular flexibility index (Phi) is 3.71. The van der Waals surface area contributed by atoms with Crippen molar-refractivity contribution in [2.75, 3.05) is 4.72 Å². The van der Waals surface area contributed by atoms with E-state index >= 15 is 0 Å². The molecule has 1 heterocycles. The van der Waals surface area contributed by atoms with Crippen LogP contribution in [0.2, 0.25) is 5.02 Å². The Morgan fingerprint density at radius 1 is 1.09 bits per heavy atom. The molecule has 3 aromatic rings. The molecule has 0 saturated heterocycles. The van der Waals surface area contributed by atoms with Crippen LogP contribution in [0.5, 0.6) is 0 Å². The molecule has 0 aliphatic carbocycles. The van der Waals surface area contributed by atoms with Gasteiger partial charge in [-0.15, -0.1) is 0 Å². The maximum Gasteiger partial charge on any atom is 0.262 e. The number of rotatable bonds is 3. The van der Waals surface area contributed by atoms with Crippen molar-refractivity contribution >= 4 is 50.1 Å². The minimum Gasteiger partial charge on any atom is -0.276 e. The summed E-state index contributed by atoms with van der Waals surface area (Å²) in [6.07, 6.45) is 0. The van der Waals surface area contributed by atoms with E-state index < -0.39 is 26.6 Å². The van der Waals surface area contributed by atoms with Crippen molar-refractivity contribution < 1.29 is 17.2 Å². The number of hydrogen-bond acceptors (Lipinski definition) is 5. The first-order valence-electron chi connectivity index (χ1n) is 5.77. The van der Waals surface area contributed by atoms with Gasteiger partial charge in [-0.25, -0.2) is 17.2 Å². The van der Waals surface area contributed by atoms with E-state index in [2.05, 4.69) is 13.5 Å². The zero-order chi connectivity index (χ0) is 15.9. The average molecular weight is 362 g/mol. The Morgan fingerprint density at radius 2 is 1.86 bits per heavy atom. The summed E-state index contributed by atoms with van der Waals surface area (Å²) in [4.78, 5) is -0.428. The molecule has 0 radical (unpaired) electrons. The minimum atomic E-state index is -4.15. The Morgan fingerprint density at radius 3 is 2.59 bits per heavy atom. The summed E-state index contributed by atoms with van der Waals surface area (Å²) < 4.78 is 60.9. The van der Waals surface area contributed by atoms with Gasteiger partial charge in [0.05, 0.1) is 27.3 Å². The highest BCUT2D eigenvalue weighted by molar-refractivity contribution is 7.92. The van der Waals surface area contributed by atoms with Crippen molar-refractivity contribution in [1.29, 1.82) is 0 Å².